The van der Waals surface area contributed by atoms with Crippen LogP contribution in [0.1, 0.15) is 6.42 Å². The Morgan fingerprint density at radius 2 is 1.80 bits per heavy atom. The van der Waals surface area contributed by atoms with Gasteiger partial charge < -0.3 is 9.67 Å². The van der Waals surface area contributed by atoms with Crippen molar-refractivity contribution in [3.63, 3.8) is 0 Å². The average Bonchev–Trinajstić information content (AvgIpc) is 2.84. The number of hydrogen-bond acceptors (Lipinski definition) is 2. The van der Waals surface area contributed by atoms with Gasteiger partial charge in [0.05, 0.1) is 16.6 Å². The highest BCUT2D eigenvalue weighted by molar-refractivity contribution is 5.80. The molecule has 3 nitrogen and oxygen atoms in total. The van der Waals surface area contributed by atoms with E-state index in [1.165, 1.54) is 6.07 Å². The Balaban J connectivity index is 2.21. The van der Waals surface area contributed by atoms with E-state index in [-0.39, 0.29) is 12.4 Å². The van der Waals surface area contributed by atoms with E-state index in [2.05, 4.69) is 4.98 Å². The first-order valence-electron chi connectivity index (χ1n) is 6.62. The fraction of sp³-hybridized carbons (Fsp3) is 0.188. The molecule has 0 amide bonds. The van der Waals surface area contributed by atoms with Gasteiger partial charge in [0.25, 0.3) is 0 Å². The van der Waals surface area contributed by atoms with Crippen molar-refractivity contribution in [1.82, 2.24) is 9.55 Å². The lowest BCUT2D eigenvalue weighted by Crippen LogP contribution is -2.03. The van der Waals surface area contributed by atoms with Crippen LogP contribution in [0.2, 0.25) is 0 Å². The normalized spacial score (nSPS) is 11.1. The lowest BCUT2D eigenvalue weighted by Gasteiger charge is -2.09. The van der Waals surface area contributed by atoms with Crippen LogP contribution in [0.25, 0.3) is 22.4 Å². The monoisotopic (exact) mass is 270 g/mol. The summed E-state index contributed by atoms with van der Waals surface area (Å²) in [5.74, 6) is 0.325. The summed E-state index contributed by atoms with van der Waals surface area (Å²) in [5, 5.41) is 9.05. The fourth-order valence-electron chi connectivity index (χ4n) is 2.38. The number of fused-ring (bicyclic) bond motifs is 1. The molecule has 0 spiro atoms. The second-order valence-corrected chi connectivity index (χ2v) is 4.63. The van der Waals surface area contributed by atoms with Crippen molar-refractivity contribution in [2.45, 2.75) is 13.0 Å². The van der Waals surface area contributed by atoms with E-state index in [0.717, 1.165) is 11.0 Å². The first kappa shape index (κ1) is 12.8. The molecule has 0 saturated carbocycles. The number of rotatable bonds is 4. The van der Waals surface area contributed by atoms with Crippen LogP contribution in [0.3, 0.4) is 0 Å². The number of aliphatic hydroxyl groups is 1. The van der Waals surface area contributed by atoms with Gasteiger partial charge in [0, 0.05) is 13.2 Å². The highest BCUT2D eigenvalue weighted by atomic mass is 19.1. The number of hydrogen-bond donors (Lipinski definition) is 1. The molecule has 0 aliphatic heterocycles. The van der Waals surface area contributed by atoms with Gasteiger partial charge in [0.15, 0.2) is 0 Å². The molecule has 0 fully saturated rings. The van der Waals surface area contributed by atoms with Crippen LogP contribution < -0.4 is 0 Å². The lowest BCUT2D eigenvalue weighted by atomic mass is 10.2. The molecule has 3 rings (SSSR count). The van der Waals surface area contributed by atoms with E-state index < -0.39 is 0 Å². The minimum absolute atomic E-state index is 0.100. The van der Waals surface area contributed by atoms with Crippen LogP contribution in [0, 0.1) is 5.82 Å². The summed E-state index contributed by atoms with van der Waals surface area (Å²) in [6.45, 7) is 0.712. The third-order valence-electron chi connectivity index (χ3n) is 3.31. The van der Waals surface area contributed by atoms with Crippen molar-refractivity contribution < 1.29 is 9.50 Å². The zero-order valence-electron chi connectivity index (χ0n) is 11.0. The van der Waals surface area contributed by atoms with E-state index in [4.69, 9.17) is 5.11 Å². The standard InChI is InChI=1S/C16H15FN2O/c17-13-7-2-1-6-12(13)16-18-14-8-3-4-9-15(14)19(16)10-5-11-20/h1-4,6-9,20H,5,10-11H2. The molecule has 0 saturated heterocycles. The molecular weight excluding hydrogens is 255 g/mol. The van der Waals surface area contributed by atoms with Gasteiger partial charge in [-0.05, 0) is 30.7 Å². The van der Waals surface area contributed by atoms with Crippen LogP contribution in [0.15, 0.2) is 48.5 Å². The van der Waals surface area contributed by atoms with Crippen molar-refractivity contribution in [2.24, 2.45) is 0 Å². The molecule has 20 heavy (non-hydrogen) atoms. The number of aromatic nitrogens is 2. The Kier molecular flexibility index (Phi) is 3.48. The van der Waals surface area contributed by atoms with Crippen molar-refractivity contribution >= 4 is 11.0 Å². The maximum Gasteiger partial charge on any atom is 0.144 e. The SMILES string of the molecule is OCCCn1c(-c2ccccc2F)nc2ccccc21. The summed E-state index contributed by atoms with van der Waals surface area (Å²) >= 11 is 0. The van der Waals surface area contributed by atoms with E-state index in [1.807, 2.05) is 28.8 Å². The predicted molar refractivity (Wildman–Crippen MR) is 76.8 cm³/mol. The van der Waals surface area contributed by atoms with Gasteiger partial charge in [0.2, 0.25) is 0 Å². The third kappa shape index (κ3) is 2.18. The third-order valence-corrected chi connectivity index (χ3v) is 3.31. The van der Waals surface area contributed by atoms with Crippen LogP contribution in [-0.4, -0.2) is 21.3 Å². The van der Waals surface area contributed by atoms with Gasteiger partial charge in [-0.25, -0.2) is 9.37 Å². The topological polar surface area (TPSA) is 38.0 Å². The molecule has 3 aromatic rings. The number of aryl methyl sites for hydroxylation is 1. The first-order valence-corrected chi connectivity index (χ1v) is 6.62. The molecular formula is C16H15FN2O. The molecule has 102 valence electrons. The largest absolute Gasteiger partial charge is 0.396 e. The minimum atomic E-state index is -0.284. The van der Waals surface area contributed by atoms with Crippen molar-refractivity contribution in [1.29, 1.82) is 0 Å². The molecule has 0 aliphatic carbocycles. The van der Waals surface area contributed by atoms with E-state index >= 15 is 0 Å². The maximum atomic E-state index is 14.0. The smallest absolute Gasteiger partial charge is 0.144 e. The highest BCUT2D eigenvalue weighted by Gasteiger charge is 2.14. The number of imidazole rings is 1. The van der Waals surface area contributed by atoms with E-state index in [9.17, 15) is 4.39 Å². The molecule has 4 heteroatoms. The molecule has 2 aromatic carbocycles. The molecule has 1 N–H and O–H groups in total. The molecule has 1 heterocycles. The molecule has 0 aliphatic rings. The van der Waals surface area contributed by atoms with Gasteiger partial charge in [-0.15, -0.1) is 0 Å². The number of nitrogens with zero attached hydrogens (tertiary/aromatic N) is 2. The number of para-hydroxylation sites is 2. The summed E-state index contributed by atoms with van der Waals surface area (Å²) in [5.41, 5.74) is 2.28. The van der Waals surface area contributed by atoms with Crippen molar-refractivity contribution in [3.05, 3.63) is 54.3 Å². The zero-order valence-corrected chi connectivity index (χ0v) is 11.0. The van der Waals surface area contributed by atoms with Gasteiger partial charge in [-0.2, -0.15) is 0 Å². The Bertz CT molecular complexity index is 736. The first-order chi connectivity index (χ1) is 9.81. The molecule has 0 radical (unpaired) electrons. The van der Waals surface area contributed by atoms with Gasteiger partial charge in [0.1, 0.15) is 11.6 Å². The maximum absolute atomic E-state index is 14.0. The Hall–Kier alpha value is -2.20. The van der Waals surface area contributed by atoms with Crippen LogP contribution in [0.5, 0.6) is 0 Å². The molecule has 0 unspecified atom stereocenters. The lowest BCUT2D eigenvalue weighted by molar-refractivity contribution is 0.281. The molecule has 0 atom stereocenters. The summed E-state index contributed by atoms with van der Waals surface area (Å²) in [6, 6.07) is 14.4. The van der Waals surface area contributed by atoms with Crippen molar-refractivity contribution in [2.75, 3.05) is 6.61 Å². The fourth-order valence-corrected chi connectivity index (χ4v) is 2.38. The van der Waals surface area contributed by atoms with E-state index in [0.29, 0.717) is 24.4 Å². The summed E-state index contributed by atoms with van der Waals surface area (Å²) in [4.78, 5) is 4.54. The number of benzene rings is 2. The predicted octanol–water partition coefficient (Wildman–Crippen LogP) is 3.22. The zero-order chi connectivity index (χ0) is 13.9. The Morgan fingerprint density at radius 1 is 1.05 bits per heavy atom. The summed E-state index contributed by atoms with van der Waals surface area (Å²) in [6.07, 6.45) is 0.613. The van der Waals surface area contributed by atoms with Crippen LogP contribution in [-0.2, 0) is 6.54 Å². The molecule has 0 bridgehead atoms. The minimum Gasteiger partial charge on any atom is -0.396 e. The second kappa shape index (κ2) is 5.43. The quantitative estimate of drug-likeness (QED) is 0.790. The number of halogens is 1. The Labute approximate surface area is 116 Å². The second-order valence-electron chi connectivity index (χ2n) is 4.63. The van der Waals surface area contributed by atoms with E-state index in [1.54, 1.807) is 18.2 Å². The average molecular weight is 270 g/mol. The number of aliphatic hydroxyl groups excluding tert-OH is 1. The Morgan fingerprint density at radius 3 is 2.60 bits per heavy atom. The molecule has 1 aromatic heterocycles. The highest BCUT2D eigenvalue weighted by Crippen LogP contribution is 2.26. The summed E-state index contributed by atoms with van der Waals surface area (Å²) in [7, 11) is 0. The van der Waals surface area contributed by atoms with Crippen LogP contribution >= 0.6 is 0 Å². The van der Waals surface area contributed by atoms with Gasteiger partial charge in [-0.3, -0.25) is 0 Å². The van der Waals surface area contributed by atoms with Gasteiger partial charge >= 0.3 is 0 Å². The summed E-state index contributed by atoms with van der Waals surface area (Å²) < 4.78 is 16.0. The van der Waals surface area contributed by atoms with Crippen molar-refractivity contribution in [3.8, 4) is 11.4 Å². The van der Waals surface area contributed by atoms with Gasteiger partial charge in [-0.1, -0.05) is 24.3 Å². The van der Waals surface area contributed by atoms with Crippen LogP contribution in [0.4, 0.5) is 4.39 Å².